The van der Waals surface area contributed by atoms with E-state index in [0.717, 1.165) is 12.8 Å². The number of hydrogen-bond donors (Lipinski definition) is 1. The van der Waals surface area contributed by atoms with Crippen LogP contribution in [-0.4, -0.2) is 66.0 Å². The zero-order chi connectivity index (χ0) is 22.5. The lowest BCUT2D eigenvalue weighted by molar-refractivity contribution is 0.0671. The van der Waals surface area contributed by atoms with Gasteiger partial charge >= 0.3 is 6.03 Å². The Hall–Kier alpha value is -3.16. The number of pyridine rings is 1. The molecule has 8 heteroatoms. The third-order valence-electron chi connectivity index (χ3n) is 6.46. The summed E-state index contributed by atoms with van der Waals surface area (Å²) in [5.74, 6) is -0.416. The number of carbonyl (C=O) groups excluding carboxylic acids is 2. The minimum absolute atomic E-state index is 0.0853. The van der Waals surface area contributed by atoms with Gasteiger partial charge in [0, 0.05) is 57.3 Å². The average molecular weight is 440 g/mol. The standard InChI is InChI=1S/C24H30FN5O2/c1-28(20-7-3-2-4-8-20)22-10-9-19(16-21(22)25)27-24(32)30-14-12-29(13-15-30)23(31)18-6-5-11-26-17-18/h5-6,9-11,16-17,20H,2-4,7-8,12-15H2,1H3,(H,27,32). The number of urea groups is 1. The molecule has 170 valence electrons. The number of benzene rings is 1. The summed E-state index contributed by atoms with van der Waals surface area (Å²) in [4.78, 5) is 34.6. The van der Waals surface area contributed by atoms with Crippen molar-refractivity contribution in [2.75, 3.05) is 43.4 Å². The quantitative estimate of drug-likeness (QED) is 0.783. The van der Waals surface area contributed by atoms with E-state index >= 15 is 0 Å². The molecule has 2 fully saturated rings. The van der Waals surface area contributed by atoms with Crippen molar-refractivity contribution in [3.8, 4) is 0 Å². The molecular formula is C24H30FN5O2. The van der Waals surface area contributed by atoms with Crippen molar-refractivity contribution in [1.29, 1.82) is 0 Å². The van der Waals surface area contributed by atoms with Crippen molar-refractivity contribution in [1.82, 2.24) is 14.8 Å². The normalized spacial score (nSPS) is 17.2. The first-order valence-electron chi connectivity index (χ1n) is 11.3. The topological polar surface area (TPSA) is 68.8 Å². The fourth-order valence-electron chi connectivity index (χ4n) is 4.52. The van der Waals surface area contributed by atoms with Crippen LogP contribution in [0.2, 0.25) is 0 Å². The molecule has 1 aromatic heterocycles. The summed E-state index contributed by atoms with van der Waals surface area (Å²) in [5.41, 5.74) is 1.54. The SMILES string of the molecule is CN(c1ccc(NC(=O)N2CCN(C(=O)c3cccnc3)CC2)cc1F)C1CCCCC1. The van der Waals surface area contributed by atoms with Gasteiger partial charge in [-0.25, -0.2) is 9.18 Å². The molecule has 1 aromatic carbocycles. The first kappa shape index (κ1) is 22.0. The second-order valence-corrected chi connectivity index (χ2v) is 8.52. The molecule has 0 radical (unpaired) electrons. The van der Waals surface area contributed by atoms with Crippen LogP contribution in [0.25, 0.3) is 0 Å². The van der Waals surface area contributed by atoms with Gasteiger partial charge in [0.2, 0.25) is 0 Å². The fraction of sp³-hybridized carbons (Fsp3) is 0.458. The Bertz CT molecular complexity index is 941. The zero-order valence-electron chi connectivity index (χ0n) is 18.5. The molecule has 1 saturated heterocycles. The Morgan fingerprint density at radius 3 is 2.44 bits per heavy atom. The van der Waals surface area contributed by atoms with E-state index in [1.54, 1.807) is 46.5 Å². The average Bonchev–Trinajstić information content (AvgIpc) is 2.84. The molecule has 1 aliphatic carbocycles. The summed E-state index contributed by atoms with van der Waals surface area (Å²) in [5, 5.41) is 2.79. The smallest absolute Gasteiger partial charge is 0.321 e. The van der Waals surface area contributed by atoms with E-state index in [9.17, 15) is 14.0 Å². The summed E-state index contributed by atoms with van der Waals surface area (Å²) >= 11 is 0. The van der Waals surface area contributed by atoms with Crippen LogP contribution in [-0.2, 0) is 0 Å². The Balaban J connectivity index is 1.31. The van der Waals surface area contributed by atoms with Crippen LogP contribution in [0.4, 0.5) is 20.6 Å². The molecule has 1 aliphatic heterocycles. The Morgan fingerprint density at radius 2 is 1.78 bits per heavy atom. The number of rotatable bonds is 4. The highest BCUT2D eigenvalue weighted by atomic mass is 19.1. The summed E-state index contributed by atoms with van der Waals surface area (Å²) in [6, 6.07) is 8.42. The van der Waals surface area contributed by atoms with Crippen molar-refractivity contribution in [2.45, 2.75) is 38.1 Å². The van der Waals surface area contributed by atoms with Gasteiger partial charge in [0.15, 0.2) is 0 Å². The number of hydrogen-bond acceptors (Lipinski definition) is 4. The van der Waals surface area contributed by atoms with Crippen molar-refractivity contribution >= 4 is 23.3 Å². The maximum Gasteiger partial charge on any atom is 0.321 e. The van der Waals surface area contributed by atoms with Gasteiger partial charge in [-0.05, 0) is 43.2 Å². The maximum absolute atomic E-state index is 14.8. The Kier molecular flexibility index (Phi) is 6.87. The summed E-state index contributed by atoms with van der Waals surface area (Å²) in [7, 11) is 1.94. The molecule has 7 nitrogen and oxygen atoms in total. The monoisotopic (exact) mass is 439 g/mol. The predicted octanol–water partition coefficient (Wildman–Crippen LogP) is 3.98. The lowest BCUT2D eigenvalue weighted by Crippen LogP contribution is -2.51. The van der Waals surface area contributed by atoms with Crippen molar-refractivity contribution in [3.63, 3.8) is 0 Å². The lowest BCUT2D eigenvalue weighted by Gasteiger charge is -2.35. The number of nitrogens with zero attached hydrogens (tertiary/aromatic N) is 4. The predicted molar refractivity (Wildman–Crippen MR) is 122 cm³/mol. The molecule has 0 atom stereocenters. The number of halogens is 1. The van der Waals surface area contributed by atoms with E-state index in [4.69, 9.17) is 0 Å². The molecular weight excluding hydrogens is 409 g/mol. The summed E-state index contributed by atoms with van der Waals surface area (Å²) in [6.07, 6.45) is 8.97. The minimum atomic E-state index is -0.331. The Morgan fingerprint density at radius 1 is 1.06 bits per heavy atom. The van der Waals surface area contributed by atoms with E-state index in [-0.39, 0.29) is 17.8 Å². The third-order valence-corrected chi connectivity index (χ3v) is 6.46. The van der Waals surface area contributed by atoms with Crippen LogP contribution < -0.4 is 10.2 Å². The molecule has 2 heterocycles. The number of nitrogens with one attached hydrogen (secondary N) is 1. The van der Waals surface area contributed by atoms with Gasteiger partial charge in [0.25, 0.3) is 5.91 Å². The van der Waals surface area contributed by atoms with Gasteiger partial charge in [-0.3, -0.25) is 9.78 Å². The van der Waals surface area contributed by atoms with Crippen molar-refractivity contribution < 1.29 is 14.0 Å². The van der Waals surface area contributed by atoms with Gasteiger partial charge in [-0.2, -0.15) is 0 Å². The van der Waals surface area contributed by atoms with Gasteiger partial charge in [0.05, 0.1) is 11.3 Å². The third kappa shape index (κ3) is 5.00. The van der Waals surface area contributed by atoms with Crippen LogP contribution >= 0.6 is 0 Å². The van der Waals surface area contributed by atoms with E-state index in [1.807, 2.05) is 11.9 Å². The van der Waals surface area contributed by atoms with Crippen LogP contribution in [0.3, 0.4) is 0 Å². The minimum Gasteiger partial charge on any atom is -0.369 e. The molecule has 1 saturated carbocycles. The van der Waals surface area contributed by atoms with Gasteiger partial charge < -0.3 is 20.0 Å². The fourth-order valence-corrected chi connectivity index (χ4v) is 4.52. The van der Waals surface area contributed by atoms with E-state index in [1.165, 1.54) is 25.3 Å². The second-order valence-electron chi connectivity index (χ2n) is 8.52. The molecule has 0 spiro atoms. The zero-order valence-corrected chi connectivity index (χ0v) is 18.5. The van der Waals surface area contributed by atoms with Gasteiger partial charge in [-0.1, -0.05) is 19.3 Å². The van der Waals surface area contributed by atoms with E-state index in [2.05, 4.69) is 10.3 Å². The van der Waals surface area contributed by atoms with Crippen LogP contribution in [0.15, 0.2) is 42.7 Å². The maximum atomic E-state index is 14.8. The van der Waals surface area contributed by atoms with Crippen molar-refractivity contribution in [2.24, 2.45) is 0 Å². The summed E-state index contributed by atoms with van der Waals surface area (Å²) in [6.45, 7) is 1.73. The van der Waals surface area contributed by atoms with Crippen LogP contribution in [0.5, 0.6) is 0 Å². The number of aromatic nitrogens is 1. The molecule has 2 aromatic rings. The van der Waals surface area contributed by atoms with Gasteiger partial charge in [-0.15, -0.1) is 0 Å². The second kappa shape index (κ2) is 9.97. The van der Waals surface area contributed by atoms with E-state index in [0.29, 0.717) is 49.2 Å². The molecule has 0 bridgehead atoms. The molecule has 32 heavy (non-hydrogen) atoms. The summed E-state index contributed by atoms with van der Waals surface area (Å²) < 4.78 is 14.8. The molecule has 2 aliphatic rings. The highest BCUT2D eigenvalue weighted by Crippen LogP contribution is 2.29. The van der Waals surface area contributed by atoms with Crippen molar-refractivity contribution in [3.05, 3.63) is 54.1 Å². The van der Waals surface area contributed by atoms with Crippen LogP contribution in [0.1, 0.15) is 42.5 Å². The number of piperazine rings is 1. The molecule has 3 amide bonds. The van der Waals surface area contributed by atoms with E-state index < -0.39 is 0 Å². The largest absolute Gasteiger partial charge is 0.369 e. The molecule has 1 N–H and O–H groups in total. The van der Waals surface area contributed by atoms with Gasteiger partial charge in [0.1, 0.15) is 5.82 Å². The Labute approximate surface area is 188 Å². The number of anilines is 2. The highest BCUT2D eigenvalue weighted by molar-refractivity contribution is 5.94. The lowest BCUT2D eigenvalue weighted by atomic mass is 9.94. The molecule has 0 unspecified atom stereocenters. The first-order chi connectivity index (χ1) is 15.5. The first-order valence-corrected chi connectivity index (χ1v) is 11.3. The number of carbonyl (C=O) groups is 2. The number of amides is 3. The van der Waals surface area contributed by atoms with Crippen LogP contribution in [0, 0.1) is 5.82 Å². The highest BCUT2D eigenvalue weighted by Gasteiger charge is 2.25. The molecule has 4 rings (SSSR count).